The molecule has 0 saturated heterocycles. The maximum absolute atomic E-state index is 12.6. The number of hydrogen-bond donors (Lipinski definition) is 2. The number of anilines is 1. The summed E-state index contributed by atoms with van der Waals surface area (Å²) in [6.45, 7) is 5.95. The zero-order chi connectivity index (χ0) is 14.9. The van der Waals surface area contributed by atoms with Gasteiger partial charge in [-0.1, -0.05) is 26.3 Å². The van der Waals surface area contributed by atoms with Crippen molar-refractivity contribution in [3.63, 3.8) is 0 Å². The second-order valence-electron chi connectivity index (χ2n) is 6.89. The summed E-state index contributed by atoms with van der Waals surface area (Å²) in [6, 6.07) is 5.97. The van der Waals surface area contributed by atoms with Crippen LogP contribution in [0.25, 0.3) is 0 Å². The smallest absolute Gasteiger partial charge is 0.255 e. The molecule has 4 nitrogen and oxygen atoms in total. The maximum atomic E-state index is 12.6. The standard InChI is InChI=1S/C17H24N2O2/c1-17(2)8-4-5-12(11-17)19-16(20)13-6-3-7-14-15(13)21-10-9-18-14/h3,6-7,12,18H,4-5,8-11H2,1-2H3,(H,19,20). The number of carbonyl (C=O) groups is 1. The molecule has 1 saturated carbocycles. The highest BCUT2D eigenvalue weighted by Gasteiger charge is 2.29. The van der Waals surface area contributed by atoms with Gasteiger partial charge in [0.15, 0.2) is 5.75 Å². The van der Waals surface area contributed by atoms with Gasteiger partial charge in [0, 0.05) is 12.6 Å². The molecule has 4 heteroatoms. The van der Waals surface area contributed by atoms with E-state index in [4.69, 9.17) is 4.74 Å². The molecular weight excluding hydrogens is 264 g/mol. The van der Waals surface area contributed by atoms with Crippen LogP contribution in [-0.2, 0) is 0 Å². The van der Waals surface area contributed by atoms with Crippen LogP contribution in [0.3, 0.4) is 0 Å². The SMILES string of the molecule is CC1(C)CCCC(NC(=O)c2cccc3c2OCCN3)C1. The highest BCUT2D eigenvalue weighted by Crippen LogP contribution is 2.36. The van der Waals surface area contributed by atoms with Gasteiger partial charge in [-0.2, -0.15) is 0 Å². The molecule has 1 aromatic carbocycles. The number of fused-ring (bicyclic) bond motifs is 1. The van der Waals surface area contributed by atoms with E-state index in [-0.39, 0.29) is 11.9 Å². The van der Waals surface area contributed by atoms with Crippen molar-refractivity contribution in [2.75, 3.05) is 18.5 Å². The molecule has 0 spiro atoms. The molecule has 2 N–H and O–H groups in total. The van der Waals surface area contributed by atoms with E-state index in [1.54, 1.807) is 0 Å². The Bertz CT molecular complexity index is 540. The molecule has 1 aliphatic heterocycles. The lowest BCUT2D eigenvalue weighted by molar-refractivity contribution is 0.0898. The Hall–Kier alpha value is -1.71. The molecule has 2 aliphatic rings. The Morgan fingerprint density at radius 1 is 1.43 bits per heavy atom. The molecule has 1 atom stereocenters. The Labute approximate surface area is 126 Å². The van der Waals surface area contributed by atoms with Crippen molar-refractivity contribution < 1.29 is 9.53 Å². The summed E-state index contributed by atoms with van der Waals surface area (Å²) < 4.78 is 5.68. The summed E-state index contributed by atoms with van der Waals surface area (Å²) in [5.74, 6) is 0.676. The summed E-state index contributed by atoms with van der Waals surface area (Å²) in [5, 5.41) is 6.46. The van der Waals surface area contributed by atoms with Crippen LogP contribution in [0.5, 0.6) is 5.75 Å². The minimum Gasteiger partial charge on any atom is -0.489 e. The molecule has 1 fully saturated rings. The van der Waals surface area contributed by atoms with Crippen LogP contribution in [0.1, 0.15) is 49.9 Å². The third-order valence-electron chi connectivity index (χ3n) is 4.46. The fourth-order valence-electron chi connectivity index (χ4n) is 3.43. The third-order valence-corrected chi connectivity index (χ3v) is 4.46. The molecule has 3 rings (SSSR count). The molecule has 1 aromatic rings. The first-order valence-electron chi connectivity index (χ1n) is 7.86. The lowest BCUT2D eigenvalue weighted by Crippen LogP contribution is -2.41. The van der Waals surface area contributed by atoms with Crippen LogP contribution < -0.4 is 15.4 Å². The number of rotatable bonds is 2. The van der Waals surface area contributed by atoms with Crippen LogP contribution in [0, 0.1) is 5.41 Å². The Balaban J connectivity index is 1.74. The van der Waals surface area contributed by atoms with E-state index in [9.17, 15) is 4.79 Å². The highest BCUT2D eigenvalue weighted by atomic mass is 16.5. The van der Waals surface area contributed by atoms with Gasteiger partial charge in [-0.15, -0.1) is 0 Å². The lowest BCUT2D eigenvalue weighted by atomic mass is 9.75. The van der Waals surface area contributed by atoms with Crippen molar-refractivity contribution in [3.05, 3.63) is 23.8 Å². The third kappa shape index (κ3) is 3.14. The van der Waals surface area contributed by atoms with Crippen LogP contribution >= 0.6 is 0 Å². The molecule has 1 amide bonds. The number of ether oxygens (including phenoxy) is 1. The Kier molecular flexibility index (Phi) is 3.79. The zero-order valence-electron chi connectivity index (χ0n) is 12.9. The van der Waals surface area contributed by atoms with E-state index in [0.29, 0.717) is 23.3 Å². The number of carbonyl (C=O) groups excluding carboxylic acids is 1. The van der Waals surface area contributed by atoms with E-state index in [0.717, 1.165) is 25.1 Å². The quantitative estimate of drug-likeness (QED) is 0.878. The largest absolute Gasteiger partial charge is 0.489 e. The summed E-state index contributed by atoms with van der Waals surface area (Å²) in [5.41, 5.74) is 1.88. The van der Waals surface area contributed by atoms with Gasteiger partial charge in [-0.3, -0.25) is 4.79 Å². The number of nitrogens with one attached hydrogen (secondary N) is 2. The van der Waals surface area contributed by atoms with Crippen molar-refractivity contribution in [3.8, 4) is 5.75 Å². The minimum absolute atomic E-state index is 0.0155. The number of benzene rings is 1. The van der Waals surface area contributed by atoms with Crippen molar-refractivity contribution in [2.45, 2.75) is 45.6 Å². The first-order valence-corrected chi connectivity index (χ1v) is 7.86. The van der Waals surface area contributed by atoms with Crippen LogP contribution in [0.4, 0.5) is 5.69 Å². The average Bonchev–Trinajstić information content (AvgIpc) is 2.45. The molecular formula is C17H24N2O2. The molecule has 1 heterocycles. The number of amides is 1. The topological polar surface area (TPSA) is 50.4 Å². The second-order valence-corrected chi connectivity index (χ2v) is 6.89. The molecule has 114 valence electrons. The van der Waals surface area contributed by atoms with Gasteiger partial charge in [0.1, 0.15) is 6.61 Å². The van der Waals surface area contributed by atoms with E-state index in [1.807, 2.05) is 18.2 Å². The zero-order valence-corrected chi connectivity index (χ0v) is 12.9. The summed E-state index contributed by atoms with van der Waals surface area (Å²) in [7, 11) is 0. The van der Waals surface area contributed by atoms with Crippen molar-refractivity contribution in [2.24, 2.45) is 5.41 Å². The summed E-state index contributed by atoms with van der Waals surface area (Å²) in [6.07, 6.45) is 4.55. The van der Waals surface area contributed by atoms with Crippen molar-refractivity contribution in [1.82, 2.24) is 5.32 Å². The van der Waals surface area contributed by atoms with Gasteiger partial charge in [-0.25, -0.2) is 0 Å². The number of para-hydroxylation sites is 1. The first kappa shape index (κ1) is 14.2. The number of hydrogen-bond acceptors (Lipinski definition) is 3. The first-order chi connectivity index (χ1) is 10.1. The van der Waals surface area contributed by atoms with E-state index in [1.165, 1.54) is 12.8 Å². The van der Waals surface area contributed by atoms with Gasteiger partial charge in [-0.05, 0) is 36.8 Å². The molecule has 21 heavy (non-hydrogen) atoms. The summed E-state index contributed by atoms with van der Waals surface area (Å²) in [4.78, 5) is 12.6. The minimum atomic E-state index is -0.0155. The second kappa shape index (κ2) is 5.58. The molecule has 1 aliphatic carbocycles. The van der Waals surface area contributed by atoms with Crippen LogP contribution in [0.15, 0.2) is 18.2 Å². The monoisotopic (exact) mass is 288 g/mol. The van der Waals surface area contributed by atoms with Crippen LogP contribution in [-0.4, -0.2) is 25.1 Å². The van der Waals surface area contributed by atoms with Crippen LogP contribution in [0.2, 0.25) is 0 Å². The fraction of sp³-hybridized carbons (Fsp3) is 0.588. The van der Waals surface area contributed by atoms with E-state index < -0.39 is 0 Å². The van der Waals surface area contributed by atoms with Crippen molar-refractivity contribution in [1.29, 1.82) is 0 Å². The predicted molar refractivity (Wildman–Crippen MR) is 83.9 cm³/mol. The maximum Gasteiger partial charge on any atom is 0.255 e. The van der Waals surface area contributed by atoms with Gasteiger partial charge in [0.25, 0.3) is 5.91 Å². The average molecular weight is 288 g/mol. The molecule has 0 bridgehead atoms. The molecule has 1 unspecified atom stereocenters. The van der Waals surface area contributed by atoms with E-state index in [2.05, 4.69) is 24.5 Å². The lowest BCUT2D eigenvalue weighted by Gasteiger charge is -2.35. The molecule has 0 aromatic heterocycles. The van der Waals surface area contributed by atoms with Gasteiger partial charge < -0.3 is 15.4 Å². The Morgan fingerprint density at radius 2 is 2.29 bits per heavy atom. The summed E-state index contributed by atoms with van der Waals surface area (Å²) >= 11 is 0. The highest BCUT2D eigenvalue weighted by molar-refractivity contribution is 5.99. The predicted octanol–water partition coefficient (Wildman–Crippen LogP) is 3.19. The fourth-order valence-corrected chi connectivity index (χ4v) is 3.43. The van der Waals surface area contributed by atoms with Gasteiger partial charge >= 0.3 is 0 Å². The van der Waals surface area contributed by atoms with Crippen molar-refractivity contribution >= 4 is 11.6 Å². The van der Waals surface area contributed by atoms with Gasteiger partial charge in [0.05, 0.1) is 11.3 Å². The molecule has 0 radical (unpaired) electrons. The Morgan fingerprint density at radius 3 is 3.10 bits per heavy atom. The normalized spacial score (nSPS) is 23.4. The van der Waals surface area contributed by atoms with E-state index >= 15 is 0 Å². The van der Waals surface area contributed by atoms with Gasteiger partial charge in [0.2, 0.25) is 0 Å².